The molecule has 1 aromatic rings. The van der Waals surface area contributed by atoms with Gasteiger partial charge in [0.15, 0.2) is 6.61 Å². The van der Waals surface area contributed by atoms with Crippen molar-refractivity contribution in [1.82, 2.24) is 4.90 Å². The Bertz CT molecular complexity index is 421. The van der Waals surface area contributed by atoms with Gasteiger partial charge in [-0.2, -0.15) is 0 Å². The molecule has 1 amide bonds. The van der Waals surface area contributed by atoms with Gasteiger partial charge in [0.25, 0.3) is 5.91 Å². The van der Waals surface area contributed by atoms with Gasteiger partial charge >= 0.3 is 0 Å². The minimum absolute atomic E-state index is 0.0221. The number of halogens is 1. The lowest BCUT2D eigenvalue weighted by Gasteiger charge is -2.17. The molecule has 0 saturated heterocycles. The molecular weight excluding hydrogens is 298 g/mol. The second-order valence-electron chi connectivity index (χ2n) is 4.05. The van der Waals surface area contributed by atoms with E-state index in [4.69, 9.17) is 4.74 Å². The van der Waals surface area contributed by atoms with Crippen LogP contribution < -0.4 is 4.74 Å². The number of hydrogen-bond acceptors (Lipinski definition) is 3. The van der Waals surface area contributed by atoms with Crippen LogP contribution in [-0.4, -0.2) is 36.1 Å². The lowest BCUT2D eigenvalue weighted by atomic mass is 10.1. The zero-order valence-corrected chi connectivity index (χ0v) is 12.4. The van der Waals surface area contributed by atoms with E-state index in [0.29, 0.717) is 17.9 Å². The Labute approximate surface area is 116 Å². The summed E-state index contributed by atoms with van der Waals surface area (Å²) >= 11 is 3.34. The summed E-state index contributed by atoms with van der Waals surface area (Å²) in [6.45, 7) is 4.19. The van der Waals surface area contributed by atoms with Crippen molar-refractivity contribution in [2.24, 2.45) is 0 Å². The fraction of sp³-hybridized carbons (Fsp3) is 0.462. The smallest absolute Gasteiger partial charge is 0.260 e. The monoisotopic (exact) mass is 315 g/mol. The van der Waals surface area contributed by atoms with E-state index in [0.717, 1.165) is 4.47 Å². The van der Waals surface area contributed by atoms with Gasteiger partial charge < -0.3 is 14.7 Å². The van der Waals surface area contributed by atoms with E-state index >= 15 is 0 Å². The van der Waals surface area contributed by atoms with Gasteiger partial charge in [-0.3, -0.25) is 4.79 Å². The van der Waals surface area contributed by atoms with Crippen molar-refractivity contribution < 1.29 is 14.6 Å². The maximum atomic E-state index is 11.6. The molecule has 0 spiro atoms. The summed E-state index contributed by atoms with van der Waals surface area (Å²) in [6, 6.07) is 5.34. The van der Waals surface area contributed by atoms with Gasteiger partial charge in [-0.05, 0) is 32.0 Å². The quantitative estimate of drug-likeness (QED) is 0.907. The highest BCUT2D eigenvalue weighted by atomic mass is 79.9. The van der Waals surface area contributed by atoms with Crippen LogP contribution in [0.4, 0.5) is 0 Å². The highest BCUT2D eigenvalue weighted by Crippen LogP contribution is 2.28. The van der Waals surface area contributed by atoms with E-state index in [9.17, 15) is 9.90 Å². The van der Waals surface area contributed by atoms with E-state index in [2.05, 4.69) is 15.9 Å². The highest BCUT2D eigenvalue weighted by Gasteiger charge is 2.12. The molecule has 0 saturated carbocycles. The molecule has 4 nitrogen and oxygen atoms in total. The molecule has 1 atom stereocenters. The van der Waals surface area contributed by atoms with E-state index < -0.39 is 6.10 Å². The molecule has 0 aliphatic rings. The molecule has 1 rings (SSSR count). The topological polar surface area (TPSA) is 49.8 Å². The van der Waals surface area contributed by atoms with Gasteiger partial charge in [0.05, 0.1) is 6.10 Å². The van der Waals surface area contributed by atoms with Crippen molar-refractivity contribution in [1.29, 1.82) is 0 Å². The highest BCUT2D eigenvalue weighted by molar-refractivity contribution is 9.10. The summed E-state index contributed by atoms with van der Waals surface area (Å²) in [5, 5.41) is 9.65. The maximum Gasteiger partial charge on any atom is 0.260 e. The average Bonchev–Trinajstić information content (AvgIpc) is 2.35. The molecule has 5 heteroatoms. The third kappa shape index (κ3) is 3.99. The molecule has 1 N–H and O–H groups in total. The SMILES string of the molecule is CCN(C)C(=O)COc1ccc(Br)cc1C(C)O. The number of ether oxygens (including phenoxy) is 1. The standard InChI is InChI=1S/C13H18BrNO3/c1-4-15(3)13(17)8-18-12-6-5-10(14)7-11(12)9(2)16/h5-7,9,16H,4,8H2,1-3H3. The van der Waals surface area contributed by atoms with Crippen LogP contribution in [0.2, 0.25) is 0 Å². The van der Waals surface area contributed by atoms with E-state index in [1.165, 1.54) is 0 Å². The van der Waals surface area contributed by atoms with Crippen molar-refractivity contribution in [3.8, 4) is 5.75 Å². The van der Waals surface area contributed by atoms with Gasteiger partial charge in [0.2, 0.25) is 0 Å². The van der Waals surface area contributed by atoms with Crippen molar-refractivity contribution >= 4 is 21.8 Å². The van der Waals surface area contributed by atoms with Crippen LogP contribution >= 0.6 is 15.9 Å². The summed E-state index contributed by atoms with van der Waals surface area (Å²) in [6.07, 6.45) is -0.642. The molecule has 18 heavy (non-hydrogen) atoms. The Morgan fingerprint density at radius 1 is 1.56 bits per heavy atom. The molecule has 100 valence electrons. The number of nitrogens with zero attached hydrogens (tertiary/aromatic N) is 1. The van der Waals surface area contributed by atoms with E-state index in [-0.39, 0.29) is 12.5 Å². The average molecular weight is 316 g/mol. The van der Waals surface area contributed by atoms with E-state index in [1.54, 1.807) is 31.0 Å². The third-order valence-electron chi connectivity index (χ3n) is 2.67. The van der Waals surface area contributed by atoms with Crippen LogP contribution in [0.15, 0.2) is 22.7 Å². The Morgan fingerprint density at radius 2 is 2.22 bits per heavy atom. The first-order valence-corrected chi connectivity index (χ1v) is 6.59. The van der Waals surface area contributed by atoms with Crippen molar-refractivity contribution in [3.05, 3.63) is 28.2 Å². The number of carbonyl (C=O) groups excluding carboxylic acids is 1. The summed E-state index contributed by atoms with van der Waals surface area (Å²) in [5.41, 5.74) is 0.663. The van der Waals surface area contributed by atoms with Crippen LogP contribution in [0, 0.1) is 0 Å². The van der Waals surface area contributed by atoms with Crippen LogP contribution in [0.1, 0.15) is 25.5 Å². The molecule has 1 unspecified atom stereocenters. The fourth-order valence-corrected chi connectivity index (χ4v) is 1.78. The molecule has 0 radical (unpaired) electrons. The van der Waals surface area contributed by atoms with E-state index in [1.807, 2.05) is 13.0 Å². The van der Waals surface area contributed by atoms with Crippen molar-refractivity contribution in [2.45, 2.75) is 20.0 Å². The molecule has 0 aromatic heterocycles. The maximum absolute atomic E-state index is 11.6. The summed E-state index contributed by atoms with van der Waals surface area (Å²) in [5.74, 6) is 0.447. The Hall–Kier alpha value is -1.07. The predicted octanol–water partition coefficient (Wildman–Crippen LogP) is 2.36. The number of hydrogen-bond donors (Lipinski definition) is 1. The van der Waals surface area contributed by atoms with Gasteiger partial charge in [0.1, 0.15) is 5.75 Å². The van der Waals surface area contributed by atoms with Crippen molar-refractivity contribution in [2.75, 3.05) is 20.2 Å². The minimum atomic E-state index is -0.642. The van der Waals surface area contributed by atoms with Crippen LogP contribution in [0.25, 0.3) is 0 Å². The van der Waals surface area contributed by atoms with Gasteiger partial charge in [-0.25, -0.2) is 0 Å². The first-order chi connectivity index (χ1) is 8.45. The third-order valence-corrected chi connectivity index (χ3v) is 3.17. The molecule has 0 aliphatic heterocycles. The molecule has 0 aliphatic carbocycles. The predicted molar refractivity (Wildman–Crippen MR) is 73.6 cm³/mol. The number of amides is 1. The zero-order valence-electron chi connectivity index (χ0n) is 10.8. The van der Waals surface area contributed by atoms with Crippen LogP contribution in [0.3, 0.4) is 0 Å². The Morgan fingerprint density at radius 3 is 2.78 bits per heavy atom. The minimum Gasteiger partial charge on any atom is -0.483 e. The second-order valence-corrected chi connectivity index (χ2v) is 4.97. The lowest BCUT2D eigenvalue weighted by Crippen LogP contribution is -2.31. The lowest BCUT2D eigenvalue weighted by molar-refractivity contribution is -0.131. The van der Waals surface area contributed by atoms with Gasteiger partial charge in [0, 0.05) is 23.6 Å². The summed E-state index contributed by atoms with van der Waals surface area (Å²) < 4.78 is 6.33. The van der Waals surface area contributed by atoms with Gasteiger partial charge in [-0.1, -0.05) is 15.9 Å². The van der Waals surface area contributed by atoms with Crippen molar-refractivity contribution in [3.63, 3.8) is 0 Å². The molecule has 1 aromatic carbocycles. The number of benzene rings is 1. The molecule has 0 heterocycles. The largest absolute Gasteiger partial charge is 0.483 e. The number of likely N-dealkylation sites (N-methyl/N-ethyl adjacent to an activating group) is 1. The first-order valence-electron chi connectivity index (χ1n) is 5.80. The Balaban J connectivity index is 2.76. The van der Waals surface area contributed by atoms with Crippen LogP contribution in [0.5, 0.6) is 5.75 Å². The molecular formula is C13H18BrNO3. The van der Waals surface area contributed by atoms with Gasteiger partial charge in [-0.15, -0.1) is 0 Å². The number of aliphatic hydroxyl groups excluding tert-OH is 1. The zero-order chi connectivity index (χ0) is 13.7. The molecule has 0 fully saturated rings. The number of rotatable bonds is 5. The first kappa shape index (κ1) is 15.0. The number of aliphatic hydroxyl groups is 1. The Kier molecular flexibility index (Phi) is 5.62. The fourth-order valence-electron chi connectivity index (χ4n) is 1.40. The summed E-state index contributed by atoms with van der Waals surface area (Å²) in [7, 11) is 1.73. The second kappa shape index (κ2) is 6.75. The summed E-state index contributed by atoms with van der Waals surface area (Å²) in [4.78, 5) is 13.2. The molecule has 0 bridgehead atoms. The van der Waals surface area contributed by atoms with Crippen LogP contribution in [-0.2, 0) is 4.79 Å². The normalized spacial score (nSPS) is 12.1. The number of carbonyl (C=O) groups is 1.